The molecule has 2 rings (SSSR count). The van der Waals surface area contributed by atoms with Crippen molar-refractivity contribution in [1.29, 1.82) is 0 Å². The third-order valence-electron chi connectivity index (χ3n) is 4.33. The monoisotopic (exact) mass is 224 g/mol. The molecule has 0 radical (unpaired) electrons. The smallest absolute Gasteiger partial charge is 0.136 e. The van der Waals surface area contributed by atoms with Crippen LogP contribution >= 0.6 is 0 Å². The van der Waals surface area contributed by atoms with Gasteiger partial charge in [0, 0.05) is 25.6 Å². The zero-order chi connectivity index (χ0) is 11.4. The first-order valence-corrected chi connectivity index (χ1v) is 6.91. The van der Waals surface area contributed by atoms with Crippen molar-refractivity contribution in [3.05, 3.63) is 0 Å². The largest absolute Gasteiger partial charge is 0.381 e. The SMILES string of the molecule is CCCC1CCC(=O)C(C2CCOCC2)C1. The Labute approximate surface area is 98.7 Å². The van der Waals surface area contributed by atoms with E-state index < -0.39 is 0 Å². The van der Waals surface area contributed by atoms with Crippen molar-refractivity contribution in [2.45, 2.75) is 51.9 Å². The standard InChI is InChI=1S/C14H24O2/c1-2-3-11-4-5-14(15)13(10-11)12-6-8-16-9-7-12/h11-13H,2-10H2,1H3. The van der Waals surface area contributed by atoms with Crippen LogP contribution in [0.15, 0.2) is 0 Å². The third kappa shape index (κ3) is 2.85. The number of ether oxygens (including phenoxy) is 1. The minimum Gasteiger partial charge on any atom is -0.381 e. The van der Waals surface area contributed by atoms with Gasteiger partial charge in [-0.05, 0) is 37.5 Å². The summed E-state index contributed by atoms with van der Waals surface area (Å²) in [6, 6.07) is 0. The third-order valence-corrected chi connectivity index (χ3v) is 4.33. The first-order chi connectivity index (χ1) is 7.81. The number of hydrogen-bond acceptors (Lipinski definition) is 2. The molecule has 1 aliphatic heterocycles. The van der Waals surface area contributed by atoms with Gasteiger partial charge in [-0.25, -0.2) is 0 Å². The molecule has 1 saturated carbocycles. The fourth-order valence-electron chi connectivity index (χ4n) is 3.38. The van der Waals surface area contributed by atoms with E-state index in [1.807, 2.05) is 0 Å². The summed E-state index contributed by atoms with van der Waals surface area (Å²) in [6.07, 6.45) is 7.94. The van der Waals surface area contributed by atoms with Gasteiger partial charge >= 0.3 is 0 Å². The van der Waals surface area contributed by atoms with Gasteiger partial charge in [-0.15, -0.1) is 0 Å². The van der Waals surface area contributed by atoms with Crippen molar-refractivity contribution < 1.29 is 9.53 Å². The van der Waals surface area contributed by atoms with Gasteiger partial charge in [-0.3, -0.25) is 4.79 Å². The lowest BCUT2D eigenvalue weighted by Crippen LogP contribution is -2.34. The summed E-state index contributed by atoms with van der Waals surface area (Å²) in [5.74, 6) is 2.35. The maximum atomic E-state index is 12.0. The molecule has 0 spiro atoms. The van der Waals surface area contributed by atoms with Gasteiger partial charge in [-0.2, -0.15) is 0 Å². The lowest BCUT2D eigenvalue weighted by molar-refractivity contribution is -0.129. The van der Waals surface area contributed by atoms with Crippen molar-refractivity contribution in [1.82, 2.24) is 0 Å². The van der Waals surface area contributed by atoms with E-state index >= 15 is 0 Å². The second-order valence-electron chi connectivity index (χ2n) is 5.45. The lowest BCUT2D eigenvalue weighted by atomic mass is 9.71. The Morgan fingerprint density at radius 2 is 2.00 bits per heavy atom. The van der Waals surface area contributed by atoms with E-state index in [1.165, 1.54) is 12.8 Å². The van der Waals surface area contributed by atoms with Crippen molar-refractivity contribution >= 4 is 5.78 Å². The Kier molecular flexibility index (Phi) is 4.39. The van der Waals surface area contributed by atoms with Crippen molar-refractivity contribution in [3.63, 3.8) is 0 Å². The fraction of sp³-hybridized carbons (Fsp3) is 0.929. The van der Waals surface area contributed by atoms with Gasteiger partial charge in [-0.1, -0.05) is 19.8 Å². The molecule has 0 aromatic rings. The number of rotatable bonds is 3. The maximum Gasteiger partial charge on any atom is 0.136 e. The van der Waals surface area contributed by atoms with Crippen LogP contribution in [0.5, 0.6) is 0 Å². The Balaban J connectivity index is 1.91. The van der Waals surface area contributed by atoms with E-state index in [0.29, 0.717) is 17.6 Å². The van der Waals surface area contributed by atoms with Crippen molar-refractivity contribution in [3.8, 4) is 0 Å². The predicted molar refractivity (Wildman–Crippen MR) is 64.3 cm³/mol. The molecule has 0 aromatic carbocycles. The van der Waals surface area contributed by atoms with Crippen LogP contribution in [-0.4, -0.2) is 19.0 Å². The molecule has 0 N–H and O–H groups in total. The molecule has 92 valence electrons. The number of carbonyl (C=O) groups excluding carboxylic acids is 1. The van der Waals surface area contributed by atoms with Crippen molar-refractivity contribution in [2.75, 3.05) is 13.2 Å². The molecular weight excluding hydrogens is 200 g/mol. The van der Waals surface area contributed by atoms with Gasteiger partial charge in [0.1, 0.15) is 5.78 Å². The molecular formula is C14H24O2. The lowest BCUT2D eigenvalue weighted by Gasteiger charge is -2.35. The first kappa shape index (κ1) is 12.1. The fourth-order valence-corrected chi connectivity index (χ4v) is 3.38. The minimum absolute atomic E-state index is 0.370. The Hall–Kier alpha value is -0.370. The van der Waals surface area contributed by atoms with Crippen LogP contribution in [0.25, 0.3) is 0 Å². The van der Waals surface area contributed by atoms with E-state index in [4.69, 9.17) is 4.74 Å². The first-order valence-electron chi connectivity index (χ1n) is 6.91. The Morgan fingerprint density at radius 3 is 2.69 bits per heavy atom. The van der Waals surface area contributed by atoms with Crippen LogP contribution in [0.1, 0.15) is 51.9 Å². The Morgan fingerprint density at radius 1 is 1.25 bits per heavy atom. The summed E-state index contributed by atoms with van der Waals surface area (Å²) in [4.78, 5) is 12.0. The van der Waals surface area contributed by atoms with Crippen molar-refractivity contribution in [2.24, 2.45) is 17.8 Å². The van der Waals surface area contributed by atoms with Gasteiger partial charge in [0.15, 0.2) is 0 Å². The van der Waals surface area contributed by atoms with E-state index in [9.17, 15) is 4.79 Å². The molecule has 0 amide bonds. The maximum absolute atomic E-state index is 12.0. The molecule has 2 unspecified atom stereocenters. The van der Waals surface area contributed by atoms with Crippen LogP contribution in [0.3, 0.4) is 0 Å². The highest BCUT2D eigenvalue weighted by Gasteiger charge is 2.34. The highest BCUT2D eigenvalue weighted by molar-refractivity contribution is 5.82. The van der Waals surface area contributed by atoms with E-state index in [2.05, 4.69) is 6.92 Å². The summed E-state index contributed by atoms with van der Waals surface area (Å²) in [7, 11) is 0. The number of ketones is 1. The summed E-state index contributed by atoms with van der Waals surface area (Å²) < 4.78 is 5.39. The molecule has 2 fully saturated rings. The van der Waals surface area contributed by atoms with Gasteiger partial charge in [0.2, 0.25) is 0 Å². The molecule has 2 heteroatoms. The van der Waals surface area contributed by atoms with Crippen LogP contribution in [0.4, 0.5) is 0 Å². The summed E-state index contributed by atoms with van der Waals surface area (Å²) in [6.45, 7) is 3.99. The predicted octanol–water partition coefficient (Wildman–Crippen LogP) is 3.20. The molecule has 0 bridgehead atoms. The Bertz CT molecular complexity index is 231. The molecule has 2 nitrogen and oxygen atoms in total. The number of Topliss-reactive ketones (excluding diaryl/α,β-unsaturated/α-hetero) is 1. The molecule has 1 heterocycles. The molecule has 1 aliphatic carbocycles. The molecule has 0 aromatic heterocycles. The second-order valence-corrected chi connectivity index (χ2v) is 5.45. The number of carbonyl (C=O) groups is 1. The number of hydrogen-bond donors (Lipinski definition) is 0. The zero-order valence-electron chi connectivity index (χ0n) is 10.4. The second kappa shape index (κ2) is 5.81. The molecule has 16 heavy (non-hydrogen) atoms. The summed E-state index contributed by atoms with van der Waals surface area (Å²) in [5, 5.41) is 0. The minimum atomic E-state index is 0.370. The van der Waals surface area contributed by atoms with E-state index in [0.717, 1.165) is 51.2 Å². The highest BCUT2D eigenvalue weighted by atomic mass is 16.5. The average molecular weight is 224 g/mol. The van der Waals surface area contributed by atoms with Crippen LogP contribution in [0.2, 0.25) is 0 Å². The topological polar surface area (TPSA) is 26.3 Å². The normalized spacial score (nSPS) is 32.9. The quantitative estimate of drug-likeness (QED) is 0.736. The van der Waals surface area contributed by atoms with Gasteiger partial charge in [0.25, 0.3) is 0 Å². The molecule has 1 saturated heterocycles. The molecule has 2 aliphatic rings. The average Bonchev–Trinajstić information content (AvgIpc) is 2.33. The summed E-state index contributed by atoms with van der Waals surface area (Å²) in [5.41, 5.74) is 0. The van der Waals surface area contributed by atoms with Crippen LogP contribution < -0.4 is 0 Å². The molecule has 2 atom stereocenters. The zero-order valence-corrected chi connectivity index (χ0v) is 10.4. The van der Waals surface area contributed by atoms with Crippen LogP contribution in [0, 0.1) is 17.8 Å². The van der Waals surface area contributed by atoms with Gasteiger partial charge < -0.3 is 4.74 Å². The van der Waals surface area contributed by atoms with Crippen LogP contribution in [-0.2, 0) is 9.53 Å². The highest BCUT2D eigenvalue weighted by Crippen LogP contribution is 2.37. The van der Waals surface area contributed by atoms with E-state index in [-0.39, 0.29) is 0 Å². The van der Waals surface area contributed by atoms with E-state index in [1.54, 1.807) is 0 Å². The summed E-state index contributed by atoms with van der Waals surface area (Å²) >= 11 is 0. The van der Waals surface area contributed by atoms with Gasteiger partial charge in [0.05, 0.1) is 0 Å².